The van der Waals surface area contributed by atoms with E-state index in [9.17, 15) is 4.79 Å². The number of benzene rings is 1. The third-order valence-electron chi connectivity index (χ3n) is 2.52. The monoisotopic (exact) mass is 293 g/mol. The summed E-state index contributed by atoms with van der Waals surface area (Å²) in [5.41, 5.74) is 6.87. The number of anilines is 1. The van der Waals surface area contributed by atoms with Gasteiger partial charge in [0, 0.05) is 34.7 Å². The minimum absolute atomic E-state index is 0.0995. The van der Waals surface area contributed by atoms with E-state index in [1.54, 1.807) is 30.6 Å². The van der Waals surface area contributed by atoms with E-state index in [4.69, 9.17) is 5.73 Å². The lowest BCUT2D eigenvalue weighted by Gasteiger charge is -2.05. The molecule has 0 fully saturated rings. The number of halogens is 1. The molecule has 0 bridgehead atoms. The number of ketones is 1. The number of aromatic nitrogens is 2. The van der Waals surface area contributed by atoms with Gasteiger partial charge in [0.15, 0.2) is 5.82 Å². The zero-order valence-electron chi connectivity index (χ0n) is 9.35. The lowest BCUT2D eigenvalue weighted by molar-refractivity contribution is 0.102. The predicted molar refractivity (Wildman–Crippen MR) is 69.9 cm³/mol. The summed E-state index contributed by atoms with van der Waals surface area (Å²) in [6.45, 7) is 2.69. The summed E-state index contributed by atoms with van der Waals surface area (Å²) in [6.07, 6.45) is 3.42. The van der Waals surface area contributed by atoms with Crippen LogP contribution in [0.4, 0.5) is 5.69 Å². The molecule has 0 saturated heterocycles. The number of nitrogen functional groups attached to an aromatic ring is 1. The van der Waals surface area contributed by atoms with E-state index in [1.807, 2.05) is 11.5 Å². The molecule has 0 aliphatic rings. The van der Waals surface area contributed by atoms with Crippen LogP contribution in [0.5, 0.6) is 0 Å². The third kappa shape index (κ3) is 2.24. The quantitative estimate of drug-likeness (QED) is 0.699. The highest BCUT2D eigenvalue weighted by Gasteiger charge is 2.15. The molecule has 0 radical (unpaired) electrons. The Morgan fingerprint density at radius 2 is 2.29 bits per heavy atom. The Morgan fingerprint density at radius 3 is 2.94 bits per heavy atom. The molecule has 0 aliphatic heterocycles. The molecule has 2 aromatic rings. The van der Waals surface area contributed by atoms with Gasteiger partial charge in [0.05, 0.1) is 0 Å². The molecule has 1 aromatic carbocycles. The topological polar surface area (TPSA) is 60.9 Å². The summed E-state index contributed by atoms with van der Waals surface area (Å²) in [7, 11) is 0. The Bertz CT molecular complexity index is 563. The highest BCUT2D eigenvalue weighted by Crippen LogP contribution is 2.21. The Kier molecular flexibility index (Phi) is 3.28. The van der Waals surface area contributed by atoms with Crippen molar-refractivity contribution in [3.8, 4) is 0 Å². The summed E-state index contributed by atoms with van der Waals surface area (Å²) >= 11 is 3.31. The number of nitrogens with zero attached hydrogens (tertiary/aromatic N) is 2. The summed E-state index contributed by atoms with van der Waals surface area (Å²) in [6, 6.07) is 5.12. The van der Waals surface area contributed by atoms with Crippen LogP contribution in [0, 0.1) is 0 Å². The fourth-order valence-electron chi connectivity index (χ4n) is 1.57. The van der Waals surface area contributed by atoms with Crippen molar-refractivity contribution in [1.29, 1.82) is 0 Å². The summed E-state index contributed by atoms with van der Waals surface area (Å²) in [5, 5.41) is 0. The first kappa shape index (κ1) is 11.9. The van der Waals surface area contributed by atoms with E-state index in [1.165, 1.54) is 0 Å². The minimum atomic E-state index is -0.0995. The lowest BCUT2D eigenvalue weighted by atomic mass is 10.1. The van der Waals surface area contributed by atoms with Crippen LogP contribution in [0.1, 0.15) is 23.1 Å². The third-order valence-corrected chi connectivity index (χ3v) is 3.21. The molecule has 0 unspecified atom stereocenters. The van der Waals surface area contributed by atoms with E-state index in [0.29, 0.717) is 17.1 Å². The molecule has 0 atom stereocenters. The second-order valence-electron chi connectivity index (χ2n) is 3.60. The first-order chi connectivity index (χ1) is 8.13. The van der Waals surface area contributed by atoms with Gasteiger partial charge in [0.25, 0.3) is 0 Å². The maximum absolute atomic E-state index is 12.2. The molecule has 0 aliphatic carbocycles. The fourth-order valence-corrected chi connectivity index (χ4v) is 1.95. The molecule has 0 amide bonds. The average Bonchev–Trinajstić information content (AvgIpc) is 2.80. The molecule has 1 aromatic heterocycles. The Morgan fingerprint density at radius 1 is 1.53 bits per heavy atom. The van der Waals surface area contributed by atoms with Gasteiger partial charge in [-0.2, -0.15) is 0 Å². The predicted octanol–water partition coefficient (Wildman–Crippen LogP) is 2.48. The molecule has 88 valence electrons. The van der Waals surface area contributed by atoms with Crippen LogP contribution >= 0.6 is 15.9 Å². The molecule has 1 heterocycles. The molecular formula is C12H12BrN3O. The number of hydrogen-bond donors (Lipinski definition) is 1. The van der Waals surface area contributed by atoms with E-state index >= 15 is 0 Å². The first-order valence-corrected chi connectivity index (χ1v) is 6.03. The maximum atomic E-state index is 12.2. The average molecular weight is 294 g/mol. The minimum Gasteiger partial charge on any atom is -0.398 e. The summed E-state index contributed by atoms with van der Waals surface area (Å²) < 4.78 is 2.53. The van der Waals surface area contributed by atoms with Crippen LogP contribution in [0.3, 0.4) is 0 Å². The Labute approximate surface area is 108 Å². The van der Waals surface area contributed by atoms with Crippen LogP contribution in [0.2, 0.25) is 0 Å². The van der Waals surface area contributed by atoms with Gasteiger partial charge in [0.2, 0.25) is 5.78 Å². The molecule has 4 nitrogen and oxygen atoms in total. The van der Waals surface area contributed by atoms with Crippen LogP contribution in [-0.2, 0) is 6.54 Å². The number of hydrogen-bond acceptors (Lipinski definition) is 3. The second kappa shape index (κ2) is 4.71. The molecule has 2 N–H and O–H groups in total. The molecule has 2 rings (SSSR count). The van der Waals surface area contributed by atoms with Gasteiger partial charge in [-0.05, 0) is 41.1 Å². The zero-order chi connectivity index (χ0) is 12.4. The van der Waals surface area contributed by atoms with Gasteiger partial charge in [-0.1, -0.05) is 0 Å². The zero-order valence-corrected chi connectivity index (χ0v) is 10.9. The first-order valence-electron chi connectivity index (χ1n) is 5.24. The summed E-state index contributed by atoms with van der Waals surface area (Å²) in [4.78, 5) is 16.3. The number of rotatable bonds is 3. The summed E-state index contributed by atoms with van der Waals surface area (Å²) in [5.74, 6) is 0.349. The van der Waals surface area contributed by atoms with Crippen molar-refractivity contribution in [1.82, 2.24) is 9.55 Å². The number of aryl methyl sites for hydroxylation is 1. The number of carbonyl (C=O) groups is 1. The van der Waals surface area contributed by atoms with E-state index in [2.05, 4.69) is 20.9 Å². The van der Waals surface area contributed by atoms with Gasteiger partial charge in [-0.15, -0.1) is 0 Å². The maximum Gasteiger partial charge on any atom is 0.228 e. The van der Waals surface area contributed by atoms with Gasteiger partial charge < -0.3 is 10.3 Å². The standard InChI is InChI=1S/C12H12BrN3O/c1-2-16-6-5-15-12(16)11(17)8-3-4-10(14)9(13)7-8/h3-7H,2,14H2,1H3. The van der Waals surface area contributed by atoms with Crippen molar-refractivity contribution in [3.05, 3.63) is 46.5 Å². The van der Waals surface area contributed by atoms with Crippen molar-refractivity contribution in [2.45, 2.75) is 13.5 Å². The van der Waals surface area contributed by atoms with E-state index < -0.39 is 0 Å². The van der Waals surface area contributed by atoms with Crippen LogP contribution in [0.25, 0.3) is 0 Å². The van der Waals surface area contributed by atoms with Crippen molar-refractivity contribution >= 4 is 27.4 Å². The molecule has 17 heavy (non-hydrogen) atoms. The van der Waals surface area contributed by atoms with E-state index in [0.717, 1.165) is 11.0 Å². The van der Waals surface area contributed by atoms with E-state index in [-0.39, 0.29) is 5.78 Å². The van der Waals surface area contributed by atoms with Gasteiger partial charge >= 0.3 is 0 Å². The van der Waals surface area contributed by atoms with Crippen LogP contribution in [0.15, 0.2) is 35.1 Å². The van der Waals surface area contributed by atoms with Crippen molar-refractivity contribution in [3.63, 3.8) is 0 Å². The van der Waals surface area contributed by atoms with Crippen molar-refractivity contribution < 1.29 is 4.79 Å². The van der Waals surface area contributed by atoms with Gasteiger partial charge in [0.1, 0.15) is 0 Å². The molecular weight excluding hydrogens is 282 g/mol. The molecule has 5 heteroatoms. The Hall–Kier alpha value is -1.62. The highest BCUT2D eigenvalue weighted by molar-refractivity contribution is 9.10. The fraction of sp³-hybridized carbons (Fsp3) is 0.167. The normalized spacial score (nSPS) is 10.5. The number of nitrogens with two attached hydrogens (primary N) is 1. The highest BCUT2D eigenvalue weighted by atomic mass is 79.9. The number of imidazole rings is 1. The second-order valence-corrected chi connectivity index (χ2v) is 4.46. The molecule has 0 saturated carbocycles. The van der Waals surface area contributed by atoms with Crippen molar-refractivity contribution in [2.75, 3.05) is 5.73 Å². The van der Waals surface area contributed by atoms with Crippen LogP contribution < -0.4 is 5.73 Å². The number of carbonyl (C=O) groups excluding carboxylic acids is 1. The smallest absolute Gasteiger partial charge is 0.228 e. The van der Waals surface area contributed by atoms with Crippen LogP contribution in [-0.4, -0.2) is 15.3 Å². The van der Waals surface area contributed by atoms with Gasteiger partial charge in [-0.3, -0.25) is 4.79 Å². The molecule has 0 spiro atoms. The van der Waals surface area contributed by atoms with Gasteiger partial charge in [-0.25, -0.2) is 4.98 Å². The Balaban J connectivity index is 2.40. The SMILES string of the molecule is CCn1ccnc1C(=O)c1ccc(N)c(Br)c1. The van der Waals surface area contributed by atoms with Crippen molar-refractivity contribution in [2.24, 2.45) is 0 Å². The largest absolute Gasteiger partial charge is 0.398 e. The lowest BCUT2D eigenvalue weighted by Crippen LogP contribution is -2.10.